The number of ether oxygens (including phenoxy) is 1. The van der Waals surface area contributed by atoms with Crippen LogP contribution in [0.15, 0.2) is 48.5 Å². The summed E-state index contributed by atoms with van der Waals surface area (Å²) in [4.78, 5) is 25.6. The zero-order valence-electron chi connectivity index (χ0n) is 16.8. The van der Waals surface area contributed by atoms with Crippen LogP contribution >= 0.6 is 0 Å². The van der Waals surface area contributed by atoms with Crippen molar-refractivity contribution < 1.29 is 31.9 Å². The van der Waals surface area contributed by atoms with Gasteiger partial charge in [-0.15, -0.1) is 0 Å². The van der Waals surface area contributed by atoms with E-state index in [0.717, 1.165) is 12.1 Å². The smallest absolute Gasteiger partial charge is 0.416 e. The number of nitrogens with zero attached hydrogens (tertiary/aromatic N) is 1. The number of primary amides is 1. The van der Waals surface area contributed by atoms with Crippen LogP contribution in [0.5, 0.6) is 0 Å². The average molecular weight is 438 g/mol. The normalized spacial score (nSPS) is 20.3. The van der Waals surface area contributed by atoms with E-state index in [-0.39, 0.29) is 25.8 Å². The molecule has 3 rings (SSSR count). The van der Waals surface area contributed by atoms with Crippen molar-refractivity contribution in [3.05, 3.63) is 71.0 Å². The van der Waals surface area contributed by atoms with Gasteiger partial charge < -0.3 is 15.4 Å². The predicted molar refractivity (Wildman–Crippen MR) is 104 cm³/mol. The van der Waals surface area contributed by atoms with Crippen LogP contribution in [0.25, 0.3) is 0 Å². The topological polar surface area (TPSA) is 72.6 Å². The molecule has 1 aliphatic rings. The minimum absolute atomic E-state index is 0.0478. The summed E-state index contributed by atoms with van der Waals surface area (Å²) in [6.07, 6.45) is -4.89. The lowest BCUT2D eigenvalue weighted by Gasteiger charge is -2.43. The monoisotopic (exact) mass is 438 g/mol. The van der Waals surface area contributed by atoms with Gasteiger partial charge in [0.2, 0.25) is 5.91 Å². The first-order valence-electron chi connectivity index (χ1n) is 9.73. The van der Waals surface area contributed by atoms with Crippen molar-refractivity contribution >= 4 is 12.0 Å². The maximum Gasteiger partial charge on any atom is 0.416 e. The summed E-state index contributed by atoms with van der Waals surface area (Å²) in [7, 11) is 0. The van der Waals surface area contributed by atoms with Crippen molar-refractivity contribution in [3.8, 4) is 0 Å². The van der Waals surface area contributed by atoms with E-state index in [1.165, 1.54) is 41.3 Å². The summed E-state index contributed by atoms with van der Waals surface area (Å²) in [6.45, 7) is 1.79. The molecule has 2 aromatic carbocycles. The first-order chi connectivity index (χ1) is 14.5. The number of amides is 2. The Bertz CT molecular complexity index is 962. The van der Waals surface area contributed by atoms with Gasteiger partial charge in [0.05, 0.1) is 11.6 Å². The van der Waals surface area contributed by atoms with Gasteiger partial charge in [-0.05, 0) is 42.3 Å². The highest BCUT2D eigenvalue weighted by Crippen LogP contribution is 2.41. The number of hydrogen-bond acceptors (Lipinski definition) is 3. The lowest BCUT2D eigenvalue weighted by atomic mass is 9.84. The van der Waals surface area contributed by atoms with Gasteiger partial charge in [-0.2, -0.15) is 13.2 Å². The van der Waals surface area contributed by atoms with Crippen LogP contribution in [0, 0.1) is 5.82 Å². The third-order valence-corrected chi connectivity index (χ3v) is 5.58. The number of halogens is 4. The molecule has 2 atom stereocenters. The number of carbonyl (C=O) groups excluding carboxylic acids is 2. The summed E-state index contributed by atoms with van der Waals surface area (Å²) >= 11 is 0. The van der Waals surface area contributed by atoms with Crippen LogP contribution in [0.2, 0.25) is 0 Å². The number of carbonyl (C=O) groups is 2. The van der Waals surface area contributed by atoms with E-state index < -0.39 is 41.2 Å². The second-order valence-corrected chi connectivity index (χ2v) is 7.58. The molecule has 9 heteroatoms. The molecular formula is C22H22F4N2O3. The standard InChI is InChI=1S/C22H22F4N2O3/c1-14(15-3-2-4-17(13-15)22(24,25)26)28-12-11-21(31-20(28)30,10-9-19(27)29)16-5-7-18(23)8-6-16/h2-8,13-14H,9-12H2,1H3,(H2,27,29)/t14-,21?/m0/s1. The van der Waals surface area contributed by atoms with E-state index in [4.69, 9.17) is 10.5 Å². The Morgan fingerprint density at radius 1 is 1.23 bits per heavy atom. The molecule has 2 aromatic rings. The lowest BCUT2D eigenvalue weighted by Crippen LogP contribution is -2.49. The molecular weight excluding hydrogens is 416 g/mol. The fourth-order valence-corrected chi connectivity index (χ4v) is 3.78. The molecule has 1 saturated heterocycles. The molecule has 1 unspecified atom stereocenters. The van der Waals surface area contributed by atoms with Gasteiger partial charge in [0, 0.05) is 25.8 Å². The zero-order valence-corrected chi connectivity index (χ0v) is 16.8. The molecule has 1 heterocycles. The summed E-state index contributed by atoms with van der Waals surface area (Å²) in [6, 6.07) is 9.53. The van der Waals surface area contributed by atoms with Crippen molar-refractivity contribution in [2.45, 2.75) is 44.0 Å². The quantitative estimate of drug-likeness (QED) is 0.652. The Morgan fingerprint density at radius 3 is 2.48 bits per heavy atom. The number of cyclic esters (lactones) is 1. The molecule has 0 saturated carbocycles. The average Bonchev–Trinajstić information content (AvgIpc) is 2.72. The minimum atomic E-state index is -4.50. The SMILES string of the molecule is C[C@@H](c1cccc(C(F)(F)F)c1)N1CCC(CCC(N)=O)(c2ccc(F)cc2)OC1=O. The molecule has 0 aliphatic carbocycles. The van der Waals surface area contributed by atoms with Gasteiger partial charge in [0.25, 0.3) is 0 Å². The fraction of sp³-hybridized carbons (Fsp3) is 0.364. The van der Waals surface area contributed by atoms with Crippen LogP contribution in [-0.4, -0.2) is 23.4 Å². The molecule has 0 radical (unpaired) electrons. The van der Waals surface area contributed by atoms with Crippen molar-refractivity contribution in [2.24, 2.45) is 5.73 Å². The largest absolute Gasteiger partial charge is 0.438 e. The molecule has 2 amide bonds. The van der Waals surface area contributed by atoms with Gasteiger partial charge in [0.1, 0.15) is 11.4 Å². The molecule has 0 aromatic heterocycles. The molecule has 166 valence electrons. The number of rotatable bonds is 6. The fourth-order valence-electron chi connectivity index (χ4n) is 3.78. The molecule has 1 fully saturated rings. The van der Waals surface area contributed by atoms with Crippen LogP contribution in [-0.2, 0) is 21.3 Å². The van der Waals surface area contributed by atoms with Crippen molar-refractivity contribution in [3.63, 3.8) is 0 Å². The molecule has 0 bridgehead atoms. The van der Waals surface area contributed by atoms with Gasteiger partial charge in [-0.3, -0.25) is 4.79 Å². The predicted octanol–water partition coefficient (Wildman–Crippen LogP) is 4.91. The summed E-state index contributed by atoms with van der Waals surface area (Å²) in [5, 5.41) is 0. The van der Waals surface area contributed by atoms with E-state index >= 15 is 0 Å². The van der Waals surface area contributed by atoms with E-state index in [0.29, 0.717) is 11.1 Å². The lowest BCUT2D eigenvalue weighted by molar-refractivity contribution is -0.137. The van der Waals surface area contributed by atoms with Gasteiger partial charge in [0.15, 0.2) is 0 Å². The highest BCUT2D eigenvalue weighted by atomic mass is 19.4. The van der Waals surface area contributed by atoms with Crippen molar-refractivity contribution in [1.29, 1.82) is 0 Å². The Morgan fingerprint density at radius 2 is 1.90 bits per heavy atom. The van der Waals surface area contributed by atoms with Crippen LogP contribution in [0.1, 0.15) is 48.9 Å². The number of nitrogens with two attached hydrogens (primary N) is 1. The van der Waals surface area contributed by atoms with E-state index in [9.17, 15) is 27.2 Å². The Hall–Kier alpha value is -3.10. The second kappa shape index (κ2) is 8.56. The molecule has 2 N–H and O–H groups in total. The van der Waals surface area contributed by atoms with Crippen LogP contribution in [0.4, 0.5) is 22.4 Å². The summed E-state index contributed by atoms with van der Waals surface area (Å²) in [5.74, 6) is -1.03. The molecule has 5 nitrogen and oxygen atoms in total. The maximum absolute atomic E-state index is 13.4. The first-order valence-corrected chi connectivity index (χ1v) is 9.73. The van der Waals surface area contributed by atoms with Gasteiger partial charge >= 0.3 is 12.3 Å². The van der Waals surface area contributed by atoms with E-state index in [2.05, 4.69) is 0 Å². The molecule has 31 heavy (non-hydrogen) atoms. The summed E-state index contributed by atoms with van der Waals surface area (Å²) in [5.41, 5.74) is 4.13. The highest BCUT2D eigenvalue weighted by Gasteiger charge is 2.43. The number of alkyl halides is 3. The van der Waals surface area contributed by atoms with Crippen molar-refractivity contribution in [1.82, 2.24) is 4.90 Å². The van der Waals surface area contributed by atoms with Crippen molar-refractivity contribution in [2.75, 3.05) is 6.54 Å². The third-order valence-electron chi connectivity index (χ3n) is 5.58. The van der Waals surface area contributed by atoms with Crippen LogP contribution in [0.3, 0.4) is 0 Å². The van der Waals surface area contributed by atoms with E-state index in [1.54, 1.807) is 6.92 Å². The summed E-state index contributed by atoms with van der Waals surface area (Å²) < 4.78 is 58.3. The Kier molecular flexibility index (Phi) is 6.24. The van der Waals surface area contributed by atoms with Gasteiger partial charge in [-0.25, -0.2) is 9.18 Å². The van der Waals surface area contributed by atoms with Gasteiger partial charge in [-0.1, -0.05) is 24.3 Å². The Labute approximate surface area is 176 Å². The van der Waals surface area contributed by atoms with E-state index in [1.807, 2.05) is 0 Å². The molecule has 1 aliphatic heterocycles. The minimum Gasteiger partial charge on any atom is -0.438 e. The number of benzene rings is 2. The van der Waals surface area contributed by atoms with Crippen LogP contribution < -0.4 is 5.73 Å². The highest BCUT2D eigenvalue weighted by molar-refractivity contribution is 5.74. The molecule has 0 spiro atoms. The maximum atomic E-state index is 13.4. The second-order valence-electron chi connectivity index (χ2n) is 7.58. The third kappa shape index (κ3) is 4.98. The number of hydrogen-bond donors (Lipinski definition) is 1. The first kappa shape index (κ1) is 22.6. The zero-order chi connectivity index (χ0) is 22.8. The Balaban J connectivity index is 1.85.